The Morgan fingerprint density at radius 3 is 2.56 bits per heavy atom. The standard InChI is InChI=1S/C10H19ClN4O2S/c1-13(2)6-7-14(3)18(16,17)10-8-12-15(9-10)5-4-11/h8-9H,4-7H2,1-3H3. The Bertz CT molecular complexity index is 472. The molecule has 0 spiro atoms. The molecule has 0 saturated carbocycles. The molecular weight excluding hydrogens is 276 g/mol. The zero-order valence-electron chi connectivity index (χ0n) is 10.9. The summed E-state index contributed by atoms with van der Waals surface area (Å²) in [4.78, 5) is 2.14. The lowest BCUT2D eigenvalue weighted by molar-refractivity contribution is 0.358. The first-order valence-corrected chi connectivity index (χ1v) is 7.55. The lowest BCUT2D eigenvalue weighted by Crippen LogP contribution is -2.33. The summed E-state index contributed by atoms with van der Waals surface area (Å²) in [5, 5.41) is 3.97. The molecule has 0 aliphatic heterocycles. The quantitative estimate of drug-likeness (QED) is 0.679. The zero-order chi connectivity index (χ0) is 13.8. The monoisotopic (exact) mass is 294 g/mol. The van der Waals surface area contributed by atoms with Gasteiger partial charge in [-0.1, -0.05) is 0 Å². The topological polar surface area (TPSA) is 58.4 Å². The summed E-state index contributed by atoms with van der Waals surface area (Å²) < 4.78 is 27.2. The van der Waals surface area contributed by atoms with Gasteiger partial charge in [-0.25, -0.2) is 8.42 Å². The maximum absolute atomic E-state index is 12.2. The Kier molecular flexibility index (Phi) is 5.58. The highest BCUT2D eigenvalue weighted by Crippen LogP contribution is 2.12. The molecule has 0 aliphatic rings. The van der Waals surface area contributed by atoms with Crippen molar-refractivity contribution in [1.82, 2.24) is 19.0 Å². The van der Waals surface area contributed by atoms with E-state index < -0.39 is 10.0 Å². The van der Waals surface area contributed by atoms with Gasteiger partial charge in [-0.05, 0) is 14.1 Å². The predicted molar refractivity (Wildman–Crippen MR) is 71.3 cm³/mol. The molecule has 0 fully saturated rings. The fourth-order valence-corrected chi connectivity index (χ4v) is 2.62. The lowest BCUT2D eigenvalue weighted by Gasteiger charge is -2.18. The minimum absolute atomic E-state index is 0.203. The summed E-state index contributed by atoms with van der Waals surface area (Å²) in [5.41, 5.74) is 0. The van der Waals surface area contributed by atoms with Crippen LogP contribution in [0.1, 0.15) is 0 Å². The average Bonchev–Trinajstić information content (AvgIpc) is 2.75. The van der Waals surface area contributed by atoms with Crippen molar-refractivity contribution in [3.05, 3.63) is 12.4 Å². The van der Waals surface area contributed by atoms with E-state index in [9.17, 15) is 8.42 Å². The summed E-state index contributed by atoms with van der Waals surface area (Å²) in [6.45, 7) is 1.61. The third-order valence-electron chi connectivity index (χ3n) is 2.49. The molecule has 0 aromatic carbocycles. The molecule has 18 heavy (non-hydrogen) atoms. The Hall–Kier alpha value is -0.630. The Morgan fingerprint density at radius 2 is 2.00 bits per heavy atom. The molecule has 0 amide bonds. The first-order chi connectivity index (χ1) is 8.37. The van der Waals surface area contributed by atoms with Crippen LogP contribution in [0.4, 0.5) is 0 Å². The molecule has 0 N–H and O–H groups in total. The van der Waals surface area contributed by atoms with Gasteiger partial charge >= 0.3 is 0 Å². The minimum atomic E-state index is -3.45. The number of alkyl halides is 1. The van der Waals surface area contributed by atoms with Gasteiger partial charge in [-0.2, -0.15) is 9.40 Å². The van der Waals surface area contributed by atoms with Crippen LogP contribution in [0.2, 0.25) is 0 Å². The van der Waals surface area contributed by atoms with Crippen molar-refractivity contribution < 1.29 is 8.42 Å². The van der Waals surface area contributed by atoms with E-state index in [1.54, 1.807) is 7.05 Å². The molecule has 6 nitrogen and oxygen atoms in total. The third-order valence-corrected chi connectivity index (χ3v) is 4.47. The van der Waals surface area contributed by atoms with Gasteiger partial charge in [0.1, 0.15) is 4.90 Å². The van der Waals surface area contributed by atoms with E-state index in [1.807, 2.05) is 19.0 Å². The predicted octanol–water partition coefficient (Wildman–Crippen LogP) is 0.304. The van der Waals surface area contributed by atoms with Crippen molar-refractivity contribution in [3.8, 4) is 0 Å². The molecule has 1 heterocycles. The first kappa shape index (κ1) is 15.4. The van der Waals surface area contributed by atoms with Crippen LogP contribution in [0.3, 0.4) is 0 Å². The van der Waals surface area contributed by atoms with Crippen LogP contribution in [0.15, 0.2) is 17.3 Å². The molecule has 8 heteroatoms. The molecule has 0 bridgehead atoms. The van der Waals surface area contributed by atoms with E-state index in [0.29, 0.717) is 25.5 Å². The number of nitrogens with zero attached hydrogens (tertiary/aromatic N) is 4. The fraction of sp³-hybridized carbons (Fsp3) is 0.700. The Balaban J connectivity index is 2.77. The second-order valence-corrected chi connectivity index (χ2v) is 6.68. The van der Waals surface area contributed by atoms with Crippen LogP contribution in [0, 0.1) is 0 Å². The lowest BCUT2D eigenvalue weighted by atomic mass is 10.6. The molecule has 1 rings (SSSR count). The summed E-state index contributed by atoms with van der Waals surface area (Å²) in [7, 11) is 1.92. The van der Waals surface area contributed by atoms with Crippen LogP contribution in [-0.2, 0) is 16.6 Å². The van der Waals surface area contributed by atoms with Crippen LogP contribution >= 0.6 is 11.6 Å². The van der Waals surface area contributed by atoms with Gasteiger partial charge in [0.05, 0.1) is 12.7 Å². The smallest absolute Gasteiger partial charge is 0.245 e. The zero-order valence-corrected chi connectivity index (χ0v) is 12.4. The van der Waals surface area contributed by atoms with Gasteiger partial charge < -0.3 is 4.90 Å². The van der Waals surface area contributed by atoms with Crippen molar-refractivity contribution in [2.24, 2.45) is 0 Å². The SMILES string of the molecule is CN(C)CCN(C)S(=O)(=O)c1cnn(CCCl)c1. The highest BCUT2D eigenvalue weighted by atomic mass is 35.5. The molecule has 0 saturated heterocycles. The van der Waals surface area contributed by atoms with Gasteiger partial charge in [0.25, 0.3) is 0 Å². The number of sulfonamides is 1. The number of hydrogen-bond donors (Lipinski definition) is 0. The van der Waals surface area contributed by atoms with Gasteiger partial charge in [-0.15, -0.1) is 11.6 Å². The molecule has 1 aromatic heterocycles. The highest BCUT2D eigenvalue weighted by molar-refractivity contribution is 7.89. The van der Waals surface area contributed by atoms with Crippen LogP contribution in [0.5, 0.6) is 0 Å². The fourth-order valence-electron chi connectivity index (χ4n) is 1.33. The maximum atomic E-state index is 12.2. The largest absolute Gasteiger partial charge is 0.308 e. The molecule has 1 aromatic rings. The second kappa shape index (κ2) is 6.51. The third kappa shape index (κ3) is 3.94. The maximum Gasteiger partial charge on any atom is 0.245 e. The van der Waals surface area contributed by atoms with Crippen LogP contribution in [-0.4, -0.2) is 67.5 Å². The summed E-state index contributed by atoms with van der Waals surface area (Å²) >= 11 is 5.58. The number of rotatable bonds is 7. The molecule has 104 valence electrons. The highest BCUT2D eigenvalue weighted by Gasteiger charge is 2.22. The van der Waals surface area contributed by atoms with E-state index in [-0.39, 0.29) is 4.90 Å². The number of hydrogen-bond acceptors (Lipinski definition) is 4. The number of halogens is 1. The molecule has 0 unspecified atom stereocenters. The van der Waals surface area contributed by atoms with Crippen molar-refractivity contribution in [3.63, 3.8) is 0 Å². The number of likely N-dealkylation sites (N-methyl/N-ethyl adjacent to an activating group) is 2. The van der Waals surface area contributed by atoms with E-state index in [2.05, 4.69) is 5.10 Å². The Labute approximate surface area is 113 Å². The van der Waals surface area contributed by atoms with Crippen molar-refractivity contribution in [2.75, 3.05) is 40.1 Å². The molecule has 0 aliphatic carbocycles. The van der Waals surface area contributed by atoms with E-state index in [0.717, 1.165) is 0 Å². The van der Waals surface area contributed by atoms with E-state index in [4.69, 9.17) is 11.6 Å². The molecule has 0 atom stereocenters. The summed E-state index contributed by atoms with van der Waals surface area (Å²) in [5.74, 6) is 0.400. The second-order valence-electron chi connectivity index (χ2n) is 4.26. The van der Waals surface area contributed by atoms with E-state index in [1.165, 1.54) is 21.4 Å². The van der Waals surface area contributed by atoms with Gasteiger partial charge in [0.2, 0.25) is 10.0 Å². The van der Waals surface area contributed by atoms with Gasteiger partial charge in [0, 0.05) is 32.2 Å². The van der Waals surface area contributed by atoms with Crippen molar-refractivity contribution in [2.45, 2.75) is 11.4 Å². The van der Waals surface area contributed by atoms with Crippen molar-refractivity contribution >= 4 is 21.6 Å². The molecular formula is C10H19ClN4O2S. The van der Waals surface area contributed by atoms with Crippen LogP contribution in [0.25, 0.3) is 0 Å². The minimum Gasteiger partial charge on any atom is -0.308 e. The first-order valence-electron chi connectivity index (χ1n) is 5.57. The number of aryl methyl sites for hydroxylation is 1. The normalized spacial score (nSPS) is 12.6. The van der Waals surface area contributed by atoms with Crippen LogP contribution < -0.4 is 0 Å². The number of aromatic nitrogens is 2. The summed E-state index contributed by atoms with van der Waals surface area (Å²) in [6.07, 6.45) is 2.86. The molecule has 0 radical (unpaired) electrons. The Morgan fingerprint density at radius 1 is 1.33 bits per heavy atom. The van der Waals surface area contributed by atoms with Crippen molar-refractivity contribution in [1.29, 1.82) is 0 Å². The summed E-state index contributed by atoms with van der Waals surface area (Å²) in [6, 6.07) is 0. The average molecular weight is 295 g/mol. The van der Waals surface area contributed by atoms with Gasteiger partial charge in [0.15, 0.2) is 0 Å². The van der Waals surface area contributed by atoms with E-state index >= 15 is 0 Å². The van der Waals surface area contributed by atoms with Gasteiger partial charge in [-0.3, -0.25) is 4.68 Å².